The number of nitrogens with zero attached hydrogens (tertiary/aromatic N) is 3. The normalized spacial score (nSPS) is 10.3. The van der Waals surface area contributed by atoms with Crippen molar-refractivity contribution in [3.8, 4) is 23.0 Å². The largest absolute Gasteiger partial charge is 0.294 e. The van der Waals surface area contributed by atoms with Gasteiger partial charge in [0.2, 0.25) is 0 Å². The summed E-state index contributed by atoms with van der Waals surface area (Å²) in [6, 6.07) is 17.6. The second-order valence-corrected chi connectivity index (χ2v) is 6.11. The Morgan fingerprint density at radius 1 is 1.05 bits per heavy atom. The van der Waals surface area contributed by atoms with Gasteiger partial charge in [0.25, 0.3) is 0 Å². The SMILES string of the molecule is N#Cc1ccc(-c2cn(-c3ccc(I)cc3)c(S)n2)cc1. The summed E-state index contributed by atoms with van der Waals surface area (Å²) in [4.78, 5) is 4.48. The monoisotopic (exact) mass is 403 g/mol. The Labute approximate surface area is 141 Å². The van der Waals surface area contributed by atoms with Crippen LogP contribution in [0.25, 0.3) is 16.9 Å². The number of thiol groups is 1. The average molecular weight is 403 g/mol. The van der Waals surface area contributed by atoms with E-state index in [1.807, 2.05) is 47.2 Å². The third kappa shape index (κ3) is 2.96. The van der Waals surface area contributed by atoms with Crippen LogP contribution in [0.15, 0.2) is 59.9 Å². The Morgan fingerprint density at radius 3 is 2.33 bits per heavy atom. The predicted molar refractivity (Wildman–Crippen MR) is 93.7 cm³/mol. The van der Waals surface area contributed by atoms with Gasteiger partial charge in [-0.05, 0) is 59.0 Å². The van der Waals surface area contributed by atoms with E-state index in [4.69, 9.17) is 5.26 Å². The number of hydrogen-bond donors (Lipinski definition) is 1. The molecule has 3 aromatic rings. The molecule has 0 saturated heterocycles. The lowest BCUT2D eigenvalue weighted by Crippen LogP contribution is -1.92. The van der Waals surface area contributed by atoms with E-state index >= 15 is 0 Å². The first-order chi connectivity index (χ1) is 10.2. The summed E-state index contributed by atoms with van der Waals surface area (Å²) in [5.41, 5.74) is 3.46. The fourth-order valence-corrected chi connectivity index (χ4v) is 2.66. The molecular formula is C16H10IN3S. The molecule has 2 aromatic carbocycles. The summed E-state index contributed by atoms with van der Waals surface area (Å²) in [6.07, 6.45) is 1.95. The van der Waals surface area contributed by atoms with Crippen molar-refractivity contribution in [1.29, 1.82) is 5.26 Å². The molecule has 0 radical (unpaired) electrons. The van der Waals surface area contributed by atoms with E-state index in [2.05, 4.69) is 46.3 Å². The molecule has 0 aliphatic rings. The van der Waals surface area contributed by atoms with E-state index in [-0.39, 0.29) is 0 Å². The maximum Gasteiger partial charge on any atom is 0.170 e. The number of aromatic nitrogens is 2. The zero-order valence-corrected chi connectivity index (χ0v) is 13.9. The number of hydrogen-bond acceptors (Lipinski definition) is 3. The van der Waals surface area contributed by atoms with Crippen molar-refractivity contribution in [2.24, 2.45) is 0 Å². The molecule has 0 N–H and O–H groups in total. The number of nitriles is 1. The van der Waals surface area contributed by atoms with Gasteiger partial charge < -0.3 is 0 Å². The molecule has 1 heterocycles. The van der Waals surface area contributed by atoms with E-state index in [1.54, 1.807) is 12.1 Å². The third-order valence-electron chi connectivity index (χ3n) is 3.10. The zero-order valence-electron chi connectivity index (χ0n) is 10.9. The number of benzene rings is 2. The molecule has 102 valence electrons. The van der Waals surface area contributed by atoms with Gasteiger partial charge in [-0.25, -0.2) is 4.98 Å². The number of halogens is 1. The fraction of sp³-hybridized carbons (Fsp3) is 0. The molecule has 0 saturated carbocycles. The first-order valence-electron chi connectivity index (χ1n) is 6.22. The quantitative estimate of drug-likeness (QED) is 0.512. The maximum absolute atomic E-state index is 8.84. The summed E-state index contributed by atoms with van der Waals surface area (Å²) >= 11 is 6.72. The molecule has 0 aliphatic heterocycles. The van der Waals surface area contributed by atoms with E-state index in [0.29, 0.717) is 10.7 Å². The van der Waals surface area contributed by atoms with Crippen LogP contribution in [0.1, 0.15) is 5.56 Å². The van der Waals surface area contributed by atoms with Gasteiger partial charge in [0.15, 0.2) is 5.16 Å². The Balaban J connectivity index is 2.00. The van der Waals surface area contributed by atoms with Crippen molar-refractivity contribution >= 4 is 35.2 Å². The van der Waals surface area contributed by atoms with Crippen molar-refractivity contribution in [1.82, 2.24) is 9.55 Å². The minimum atomic E-state index is 0.635. The molecule has 0 unspecified atom stereocenters. The molecule has 21 heavy (non-hydrogen) atoms. The molecule has 0 amide bonds. The molecule has 0 aliphatic carbocycles. The Kier molecular flexibility index (Phi) is 3.99. The molecule has 0 fully saturated rings. The fourth-order valence-electron chi connectivity index (χ4n) is 2.02. The second kappa shape index (κ2) is 5.92. The lowest BCUT2D eigenvalue weighted by atomic mass is 10.1. The van der Waals surface area contributed by atoms with Crippen LogP contribution in [0, 0.1) is 14.9 Å². The van der Waals surface area contributed by atoms with E-state index in [0.717, 1.165) is 16.9 Å². The van der Waals surface area contributed by atoms with Crippen LogP contribution in [0.4, 0.5) is 0 Å². The highest BCUT2D eigenvalue weighted by Crippen LogP contribution is 2.24. The van der Waals surface area contributed by atoms with Gasteiger partial charge in [-0.15, -0.1) is 12.6 Å². The van der Waals surface area contributed by atoms with E-state index in [1.165, 1.54) is 3.57 Å². The van der Waals surface area contributed by atoms with Crippen molar-refractivity contribution in [2.45, 2.75) is 5.16 Å². The minimum absolute atomic E-state index is 0.635. The van der Waals surface area contributed by atoms with Gasteiger partial charge in [0, 0.05) is 21.0 Å². The highest BCUT2D eigenvalue weighted by atomic mass is 127. The molecule has 3 nitrogen and oxygen atoms in total. The predicted octanol–water partition coefficient (Wildman–Crippen LogP) is 4.30. The van der Waals surface area contributed by atoms with E-state index < -0.39 is 0 Å². The van der Waals surface area contributed by atoms with Crippen LogP contribution in [0.3, 0.4) is 0 Å². The number of imidazole rings is 1. The Hall–Kier alpha value is -1.78. The lowest BCUT2D eigenvalue weighted by molar-refractivity contribution is 0.901. The van der Waals surface area contributed by atoms with Gasteiger partial charge in [-0.2, -0.15) is 5.26 Å². The molecule has 0 atom stereocenters. The molecule has 5 heteroatoms. The van der Waals surface area contributed by atoms with Crippen LogP contribution in [-0.4, -0.2) is 9.55 Å². The van der Waals surface area contributed by atoms with Gasteiger partial charge >= 0.3 is 0 Å². The average Bonchev–Trinajstić information content (AvgIpc) is 2.90. The molecule has 3 rings (SSSR count). The van der Waals surface area contributed by atoms with Gasteiger partial charge in [-0.1, -0.05) is 12.1 Å². The second-order valence-electron chi connectivity index (χ2n) is 4.46. The highest BCUT2D eigenvalue weighted by Gasteiger charge is 2.08. The van der Waals surface area contributed by atoms with Crippen LogP contribution < -0.4 is 0 Å². The Bertz CT molecular complexity index is 814. The zero-order chi connectivity index (χ0) is 14.8. The van der Waals surface area contributed by atoms with Gasteiger partial charge in [-0.3, -0.25) is 4.57 Å². The molecule has 0 bridgehead atoms. The van der Waals surface area contributed by atoms with E-state index in [9.17, 15) is 0 Å². The van der Waals surface area contributed by atoms with Gasteiger partial charge in [0.05, 0.1) is 17.3 Å². The van der Waals surface area contributed by atoms with Crippen molar-refractivity contribution in [2.75, 3.05) is 0 Å². The van der Waals surface area contributed by atoms with Crippen LogP contribution in [0.5, 0.6) is 0 Å². The summed E-state index contributed by atoms with van der Waals surface area (Å²) in [6.45, 7) is 0. The molecule has 1 aromatic heterocycles. The molecular weight excluding hydrogens is 393 g/mol. The van der Waals surface area contributed by atoms with Crippen LogP contribution in [0.2, 0.25) is 0 Å². The third-order valence-corrected chi connectivity index (χ3v) is 4.14. The smallest absolute Gasteiger partial charge is 0.170 e. The first kappa shape index (κ1) is 14.2. The minimum Gasteiger partial charge on any atom is -0.294 e. The number of rotatable bonds is 2. The van der Waals surface area contributed by atoms with Crippen molar-refractivity contribution < 1.29 is 0 Å². The lowest BCUT2D eigenvalue weighted by Gasteiger charge is -2.03. The first-order valence-corrected chi connectivity index (χ1v) is 7.75. The van der Waals surface area contributed by atoms with Gasteiger partial charge in [0.1, 0.15) is 0 Å². The maximum atomic E-state index is 8.84. The summed E-state index contributed by atoms with van der Waals surface area (Å²) in [7, 11) is 0. The summed E-state index contributed by atoms with van der Waals surface area (Å²) < 4.78 is 3.12. The topological polar surface area (TPSA) is 41.6 Å². The van der Waals surface area contributed by atoms with Crippen molar-refractivity contribution in [3.63, 3.8) is 0 Å². The summed E-state index contributed by atoms with van der Waals surface area (Å²) in [5.74, 6) is 0. The van der Waals surface area contributed by atoms with Crippen LogP contribution in [-0.2, 0) is 0 Å². The standard InChI is InChI=1S/C16H10IN3S/c17-13-5-7-14(8-6-13)20-10-15(19-16(20)21)12-3-1-11(9-18)2-4-12/h1-8,10H,(H,19,21). The summed E-state index contributed by atoms with van der Waals surface area (Å²) in [5, 5.41) is 9.47. The van der Waals surface area contributed by atoms with Crippen molar-refractivity contribution in [3.05, 3.63) is 63.9 Å². The van der Waals surface area contributed by atoms with Crippen LogP contribution >= 0.6 is 35.2 Å². The molecule has 0 spiro atoms. The highest BCUT2D eigenvalue weighted by molar-refractivity contribution is 14.1. The Morgan fingerprint density at radius 2 is 1.71 bits per heavy atom.